The van der Waals surface area contributed by atoms with Crippen molar-refractivity contribution in [2.75, 3.05) is 108 Å². The van der Waals surface area contributed by atoms with E-state index < -0.39 is 58.3 Å². The van der Waals surface area contributed by atoms with Crippen LogP contribution in [0.15, 0.2) is 72.5 Å². The van der Waals surface area contributed by atoms with Gasteiger partial charge in [0.25, 0.3) is 5.91 Å². The highest BCUT2D eigenvalue weighted by molar-refractivity contribution is 7.13. The Labute approximate surface area is 508 Å². The lowest BCUT2D eigenvalue weighted by Gasteiger charge is -2.44. The summed E-state index contributed by atoms with van der Waals surface area (Å²) in [5.41, 5.74) is 2.54. The van der Waals surface area contributed by atoms with E-state index in [1.54, 1.807) is 16.2 Å². The van der Waals surface area contributed by atoms with Crippen LogP contribution in [0.5, 0.6) is 0 Å². The Balaban J connectivity index is 0.719. The number of hydrogen-bond acceptors (Lipinski definition) is 16. The van der Waals surface area contributed by atoms with Crippen LogP contribution in [-0.2, 0) is 46.0 Å². The quantitative estimate of drug-likeness (QED) is 0.0414. The summed E-state index contributed by atoms with van der Waals surface area (Å²) in [6.07, 6.45) is -1.94. The Kier molecular flexibility index (Phi) is 22.4. The Morgan fingerprint density at radius 3 is 2.01 bits per heavy atom. The van der Waals surface area contributed by atoms with Crippen molar-refractivity contribution in [3.63, 3.8) is 0 Å². The van der Waals surface area contributed by atoms with Crippen molar-refractivity contribution >= 4 is 57.9 Å². The summed E-state index contributed by atoms with van der Waals surface area (Å²) < 4.78 is 89.0. The number of aliphatic hydroxyl groups is 1. The first-order valence-electron chi connectivity index (χ1n) is 29.5. The van der Waals surface area contributed by atoms with E-state index in [9.17, 15) is 46.6 Å². The molecule has 0 saturated carbocycles. The van der Waals surface area contributed by atoms with Gasteiger partial charge in [-0.15, -0.1) is 11.3 Å². The molecule has 3 amide bonds. The van der Waals surface area contributed by atoms with E-state index in [1.165, 1.54) is 29.4 Å². The zero-order valence-electron chi connectivity index (χ0n) is 50.3. The predicted molar refractivity (Wildman–Crippen MR) is 320 cm³/mol. The van der Waals surface area contributed by atoms with Gasteiger partial charge in [-0.25, -0.2) is 23.7 Å². The van der Waals surface area contributed by atoms with Gasteiger partial charge in [0.15, 0.2) is 5.78 Å². The van der Waals surface area contributed by atoms with Gasteiger partial charge in [0.05, 0.1) is 96.8 Å². The highest BCUT2D eigenvalue weighted by Gasteiger charge is 2.44. The van der Waals surface area contributed by atoms with Gasteiger partial charge in [0, 0.05) is 113 Å². The molecule has 24 heteroatoms. The number of anilines is 3. The third kappa shape index (κ3) is 17.3. The molecule has 0 spiro atoms. The molecule has 5 aromatic rings. The number of ketones is 2. The van der Waals surface area contributed by atoms with Crippen LogP contribution in [0.4, 0.5) is 39.3 Å². The summed E-state index contributed by atoms with van der Waals surface area (Å²) >= 11 is 1.58. The zero-order chi connectivity index (χ0) is 62.7. The number of piperazine rings is 2. The van der Waals surface area contributed by atoms with Gasteiger partial charge < -0.3 is 44.2 Å². The predicted octanol–water partition coefficient (Wildman–Crippen LogP) is 8.92. The largest absolute Gasteiger partial charge is 0.417 e. The van der Waals surface area contributed by atoms with Crippen LogP contribution in [-0.4, -0.2) is 181 Å². The van der Waals surface area contributed by atoms with Crippen LogP contribution in [0, 0.1) is 29.9 Å². The van der Waals surface area contributed by atoms with Crippen LogP contribution >= 0.6 is 11.3 Å². The van der Waals surface area contributed by atoms with Crippen molar-refractivity contribution in [2.45, 2.75) is 110 Å². The molecule has 0 radical (unpaired) electrons. The van der Waals surface area contributed by atoms with Gasteiger partial charge in [-0.05, 0) is 81.1 Å². The molecule has 3 aromatic carbocycles. The maximum atomic E-state index is 16.2. The molecule has 3 aliphatic heterocycles. The van der Waals surface area contributed by atoms with Crippen molar-refractivity contribution < 1.29 is 65.2 Å². The minimum atomic E-state index is -5.03. The second-order valence-corrected chi connectivity index (χ2v) is 24.6. The van der Waals surface area contributed by atoms with Crippen molar-refractivity contribution in [1.29, 1.82) is 0 Å². The smallest absolute Gasteiger partial charge is 0.391 e. The number of Topliss-reactive ketones (excluding diaryl/α,β-unsaturated/α-hetero) is 2. The molecule has 2 N–H and O–H groups in total. The van der Waals surface area contributed by atoms with Crippen molar-refractivity contribution in [3.8, 4) is 21.6 Å². The van der Waals surface area contributed by atoms with E-state index in [0.717, 1.165) is 33.8 Å². The third-order valence-corrected chi connectivity index (χ3v) is 17.5. The summed E-state index contributed by atoms with van der Waals surface area (Å²) in [6, 6.07) is 11.7. The summed E-state index contributed by atoms with van der Waals surface area (Å²) in [6.45, 7) is 15.4. The molecule has 5 atom stereocenters. The van der Waals surface area contributed by atoms with Crippen LogP contribution < -0.4 is 15.1 Å². The van der Waals surface area contributed by atoms with Gasteiger partial charge >= 0.3 is 6.18 Å². The first kappa shape index (κ1) is 66.1. The third-order valence-electron chi connectivity index (χ3n) is 16.5. The number of β-amino-alcohol motifs (C(OH)–C–C–N with tert-alkyl or cyclic N) is 1. The topological polar surface area (TPSA) is 200 Å². The molecule has 3 fully saturated rings. The van der Waals surface area contributed by atoms with Crippen molar-refractivity contribution in [1.82, 2.24) is 29.7 Å². The molecule has 0 unspecified atom stereocenters. The van der Waals surface area contributed by atoms with Crippen LogP contribution in [0.25, 0.3) is 21.6 Å². The number of nitrogens with one attached hydrogen (secondary N) is 1. The molecule has 0 aliphatic carbocycles. The number of hydrogen-bond donors (Lipinski definition) is 2. The Hall–Kier alpha value is -6.83. The molecule has 8 rings (SSSR count). The lowest BCUT2D eigenvalue weighted by molar-refractivity contribution is -0.146. The highest BCUT2D eigenvalue weighted by Crippen LogP contribution is 2.39. The normalized spacial score (nSPS) is 19.0. The average Bonchev–Trinajstić information content (AvgIpc) is 1.83. The monoisotopic (exact) mass is 1230 g/mol. The van der Waals surface area contributed by atoms with Crippen molar-refractivity contribution in [2.24, 2.45) is 11.3 Å². The van der Waals surface area contributed by atoms with E-state index in [1.807, 2.05) is 88.2 Å². The van der Waals surface area contributed by atoms with Crippen molar-refractivity contribution in [3.05, 3.63) is 107 Å². The van der Waals surface area contributed by atoms with Crippen LogP contribution in [0.2, 0.25) is 0 Å². The summed E-state index contributed by atoms with van der Waals surface area (Å²) in [4.78, 5) is 91.1. The molecule has 3 saturated heterocycles. The first-order valence-corrected chi connectivity index (χ1v) is 30.3. The number of likely N-dealkylation sites (N-methyl/N-ethyl adjacent to an activating group) is 1. The number of benzene rings is 3. The Morgan fingerprint density at radius 2 is 1.40 bits per heavy atom. The fourth-order valence-electron chi connectivity index (χ4n) is 11.2. The number of halogens is 5. The number of rotatable bonds is 25. The van der Waals surface area contributed by atoms with Crippen LogP contribution in [0.3, 0.4) is 0 Å². The SMILES string of the molecule is Cc1ncsc1-c1ccc(CCC(=O)[C@@H]2C[C@@H](O)CN2C(=O)[C@@H](CC(=O)CCOCCOCCOCCC(=O)N2CCN(c3ncc(-c4cc(NC(=O)c5ccc(F)cc5C(F)(F)F)c(N5C[C@@H](C)N(C)[C@@H](C)C5)cc4F)cn3)CC2)C(C)(C)C)cc1. The molecule has 0 bridgehead atoms. The van der Waals surface area contributed by atoms with Gasteiger partial charge in [-0.3, -0.25) is 28.9 Å². The fourth-order valence-corrected chi connectivity index (χ4v) is 12.0. The van der Waals surface area contributed by atoms with Gasteiger partial charge in [-0.1, -0.05) is 45.0 Å². The second-order valence-electron chi connectivity index (χ2n) is 23.7. The number of aryl methyl sites for hydroxylation is 2. The molecule has 2 aromatic heterocycles. The summed E-state index contributed by atoms with van der Waals surface area (Å²) in [5.74, 6) is -4.01. The Bertz CT molecular complexity index is 3180. The number of likely N-dealkylation sites (tertiary alicyclic amines) is 1. The number of nitrogens with zero attached hydrogens (tertiary/aromatic N) is 8. The lowest BCUT2D eigenvalue weighted by atomic mass is 9.76. The molecular formula is C63H78F5N9O9S. The molecule has 3 aliphatic rings. The molecule has 5 heterocycles. The number of amides is 3. The average molecular weight is 1230 g/mol. The van der Waals surface area contributed by atoms with E-state index in [-0.39, 0.29) is 142 Å². The number of alkyl halides is 3. The molecule has 87 heavy (non-hydrogen) atoms. The van der Waals surface area contributed by atoms with E-state index in [0.29, 0.717) is 51.6 Å². The maximum absolute atomic E-state index is 16.2. The molecular weight excluding hydrogens is 1150 g/mol. The van der Waals surface area contributed by atoms with Crippen LogP contribution in [0.1, 0.15) is 93.9 Å². The minimum absolute atomic E-state index is 0.0107. The van der Waals surface area contributed by atoms with Gasteiger partial charge in [0.1, 0.15) is 17.4 Å². The van der Waals surface area contributed by atoms with E-state index in [4.69, 9.17) is 14.2 Å². The Morgan fingerprint density at radius 1 is 0.770 bits per heavy atom. The molecule has 470 valence electrons. The number of carbonyl (C=O) groups excluding carboxylic acids is 5. The highest BCUT2D eigenvalue weighted by atomic mass is 32.1. The van der Waals surface area contributed by atoms with E-state index >= 15 is 4.39 Å². The number of thiazole rings is 1. The summed E-state index contributed by atoms with van der Waals surface area (Å²) in [7, 11) is 1.96. The van der Waals surface area contributed by atoms with Gasteiger partial charge in [0.2, 0.25) is 17.8 Å². The lowest BCUT2D eigenvalue weighted by Crippen LogP contribution is -2.55. The number of carbonyl (C=O) groups is 5. The molecule has 18 nitrogen and oxygen atoms in total. The number of aromatic nitrogens is 3. The van der Waals surface area contributed by atoms with E-state index in [2.05, 4.69) is 25.2 Å². The first-order chi connectivity index (χ1) is 41.4. The fraction of sp³-hybridized carbons (Fsp3) is 0.524. The number of ether oxygens (including phenoxy) is 3. The standard InChI is InChI=1S/C63H78F5N9O9S/c1-39-35-76(36-40(2)73(39)7)54-32-52(65)49(31-53(54)72-59(82)48-14-13-45(64)28-50(48)63(66,67)68)44-33-69-61(70-34-44)75-20-18-74(19-21-75)57(81)17-23-85-25-27-86-26-24-84-22-16-46(78)29-51(62(4,5)6)60(83)77-37-47(79)30-55(77)56(80)15-10-42-8-11-43(12-9-42)58-41(3)71-38-87-58/h8-9,11-14,28,31-34,38-40,47,51,55,79H,10,15-27,29-30,35-37H2,1-7H3,(H,72,82)/t39-,40+,47-,51-,55+/m1/s1. The maximum Gasteiger partial charge on any atom is 0.417 e. The van der Waals surface area contributed by atoms with Gasteiger partial charge in [-0.2, -0.15) is 13.2 Å². The summed E-state index contributed by atoms with van der Waals surface area (Å²) in [5, 5.41) is 13.2. The second kappa shape index (κ2) is 29.4. The zero-order valence-corrected chi connectivity index (χ0v) is 51.2. The number of aliphatic hydroxyl groups excluding tert-OH is 1. The minimum Gasteiger partial charge on any atom is -0.391 e.